The van der Waals surface area contributed by atoms with Gasteiger partial charge in [-0.2, -0.15) is 5.10 Å². The minimum Gasteiger partial charge on any atom is -0.392 e. The monoisotopic (exact) mass is 318 g/mol. The number of nitrogens with zero attached hydrogens (tertiary/aromatic N) is 4. The van der Waals surface area contributed by atoms with Gasteiger partial charge in [-0.25, -0.2) is 14.1 Å². The Morgan fingerprint density at radius 3 is 2.83 bits per heavy atom. The molecule has 0 spiro atoms. The molecule has 1 aliphatic rings. The van der Waals surface area contributed by atoms with Crippen molar-refractivity contribution in [2.75, 3.05) is 6.54 Å². The summed E-state index contributed by atoms with van der Waals surface area (Å²) in [6, 6.07) is 6.60. The SMILES string of the molecule is CC(C)(C)n1ncnc1CN1C[C@H](O)C[C@@H]1c1cccc(F)c1. The largest absolute Gasteiger partial charge is 0.392 e. The van der Waals surface area contributed by atoms with Crippen molar-refractivity contribution >= 4 is 0 Å². The highest BCUT2D eigenvalue weighted by Crippen LogP contribution is 2.33. The van der Waals surface area contributed by atoms with E-state index in [4.69, 9.17) is 0 Å². The van der Waals surface area contributed by atoms with Crippen LogP contribution in [-0.2, 0) is 12.1 Å². The second-order valence-electron chi connectivity index (χ2n) is 7.15. The summed E-state index contributed by atoms with van der Waals surface area (Å²) in [7, 11) is 0. The molecule has 0 saturated carbocycles. The first-order valence-corrected chi connectivity index (χ1v) is 7.91. The molecule has 2 heterocycles. The first kappa shape index (κ1) is 16.1. The van der Waals surface area contributed by atoms with Crippen LogP contribution in [0.15, 0.2) is 30.6 Å². The number of aromatic nitrogens is 3. The molecular formula is C17H23FN4O. The van der Waals surface area contributed by atoms with Crippen LogP contribution in [0.1, 0.15) is 44.6 Å². The van der Waals surface area contributed by atoms with Gasteiger partial charge in [-0.1, -0.05) is 12.1 Å². The summed E-state index contributed by atoms with van der Waals surface area (Å²) in [6.45, 7) is 7.36. The van der Waals surface area contributed by atoms with Crippen LogP contribution in [0, 0.1) is 5.82 Å². The van der Waals surface area contributed by atoms with Gasteiger partial charge in [0.25, 0.3) is 0 Å². The second-order valence-corrected chi connectivity index (χ2v) is 7.15. The van der Waals surface area contributed by atoms with Gasteiger partial charge >= 0.3 is 0 Å². The third-order valence-corrected chi connectivity index (χ3v) is 4.21. The van der Waals surface area contributed by atoms with Crippen molar-refractivity contribution in [3.8, 4) is 0 Å². The quantitative estimate of drug-likeness (QED) is 0.944. The molecule has 23 heavy (non-hydrogen) atoms. The van der Waals surface area contributed by atoms with Crippen molar-refractivity contribution in [3.05, 3.63) is 47.8 Å². The average Bonchev–Trinajstić information content (AvgIpc) is 3.05. The van der Waals surface area contributed by atoms with Crippen LogP contribution in [0.5, 0.6) is 0 Å². The summed E-state index contributed by atoms with van der Waals surface area (Å²) < 4.78 is 15.4. The Labute approximate surface area is 135 Å². The molecule has 124 valence electrons. The number of benzene rings is 1. The molecule has 0 unspecified atom stereocenters. The zero-order valence-electron chi connectivity index (χ0n) is 13.8. The van der Waals surface area contributed by atoms with Crippen molar-refractivity contribution in [3.63, 3.8) is 0 Å². The van der Waals surface area contributed by atoms with Crippen LogP contribution >= 0.6 is 0 Å². The van der Waals surface area contributed by atoms with Gasteiger partial charge in [0.2, 0.25) is 0 Å². The molecule has 1 N–H and O–H groups in total. The number of hydrogen-bond acceptors (Lipinski definition) is 4. The number of hydrogen-bond donors (Lipinski definition) is 1. The number of halogens is 1. The highest BCUT2D eigenvalue weighted by atomic mass is 19.1. The average molecular weight is 318 g/mol. The molecule has 0 aliphatic carbocycles. The molecule has 1 aromatic heterocycles. The lowest BCUT2D eigenvalue weighted by atomic mass is 10.0. The minimum atomic E-state index is -0.408. The maximum Gasteiger partial charge on any atom is 0.141 e. The fourth-order valence-corrected chi connectivity index (χ4v) is 3.23. The zero-order valence-corrected chi connectivity index (χ0v) is 13.8. The maximum absolute atomic E-state index is 13.5. The number of aliphatic hydroxyl groups is 1. The molecular weight excluding hydrogens is 295 g/mol. The molecule has 0 radical (unpaired) electrons. The van der Waals surface area contributed by atoms with Crippen LogP contribution in [0.3, 0.4) is 0 Å². The summed E-state index contributed by atoms with van der Waals surface area (Å²) in [4.78, 5) is 6.52. The molecule has 6 heteroatoms. The van der Waals surface area contributed by atoms with Crippen molar-refractivity contribution in [1.29, 1.82) is 0 Å². The first-order chi connectivity index (χ1) is 10.8. The van der Waals surface area contributed by atoms with Crippen LogP contribution in [-0.4, -0.2) is 37.4 Å². The first-order valence-electron chi connectivity index (χ1n) is 7.91. The van der Waals surface area contributed by atoms with Gasteiger partial charge in [-0.15, -0.1) is 0 Å². The van der Waals surface area contributed by atoms with Gasteiger partial charge in [-0.3, -0.25) is 4.90 Å². The molecule has 1 aliphatic heterocycles. The van der Waals surface area contributed by atoms with Crippen molar-refractivity contribution < 1.29 is 9.50 Å². The highest BCUT2D eigenvalue weighted by molar-refractivity contribution is 5.22. The molecule has 0 amide bonds. The van der Waals surface area contributed by atoms with Crippen molar-refractivity contribution in [1.82, 2.24) is 19.7 Å². The summed E-state index contributed by atoms with van der Waals surface area (Å²) in [5.41, 5.74) is 0.738. The number of β-amino-alcohol motifs (C(OH)–C–C–N with tert-alkyl or cyclic N) is 1. The van der Waals surface area contributed by atoms with Gasteiger partial charge < -0.3 is 5.11 Å². The normalized spacial score (nSPS) is 22.7. The van der Waals surface area contributed by atoms with Crippen LogP contribution < -0.4 is 0 Å². The van der Waals surface area contributed by atoms with Gasteiger partial charge in [-0.05, 0) is 44.9 Å². The van der Waals surface area contributed by atoms with Crippen LogP contribution in [0.4, 0.5) is 4.39 Å². The highest BCUT2D eigenvalue weighted by Gasteiger charge is 2.33. The predicted octanol–water partition coefficient (Wildman–Crippen LogP) is 2.48. The van der Waals surface area contributed by atoms with Gasteiger partial charge in [0.05, 0.1) is 18.2 Å². The standard InChI is InChI=1S/C17H23FN4O/c1-17(2,3)22-16(19-11-20-22)10-21-9-14(23)8-15(21)12-5-4-6-13(18)7-12/h4-7,11,14-15,23H,8-10H2,1-3H3/t14-,15-/m1/s1. The van der Waals surface area contributed by atoms with Crippen molar-refractivity contribution in [2.24, 2.45) is 0 Å². The molecule has 3 rings (SSSR count). The topological polar surface area (TPSA) is 54.2 Å². The smallest absolute Gasteiger partial charge is 0.141 e. The molecule has 1 saturated heterocycles. The number of aliphatic hydroxyl groups excluding tert-OH is 1. The fourth-order valence-electron chi connectivity index (χ4n) is 3.23. The van der Waals surface area contributed by atoms with E-state index in [0.717, 1.165) is 11.4 Å². The summed E-state index contributed by atoms with van der Waals surface area (Å²) >= 11 is 0. The van der Waals surface area contributed by atoms with E-state index in [-0.39, 0.29) is 17.4 Å². The molecule has 1 fully saturated rings. The van der Waals surface area contributed by atoms with E-state index >= 15 is 0 Å². The lowest BCUT2D eigenvalue weighted by Crippen LogP contribution is -2.31. The van der Waals surface area contributed by atoms with E-state index in [2.05, 4.69) is 35.8 Å². The Morgan fingerprint density at radius 1 is 1.35 bits per heavy atom. The summed E-state index contributed by atoms with van der Waals surface area (Å²) in [5.74, 6) is 0.606. The summed E-state index contributed by atoms with van der Waals surface area (Å²) in [6.07, 6.45) is 1.76. The third kappa shape index (κ3) is 3.43. The fraction of sp³-hybridized carbons (Fsp3) is 0.529. The lowest BCUT2D eigenvalue weighted by Gasteiger charge is -2.27. The van der Waals surface area contributed by atoms with Gasteiger partial charge in [0.1, 0.15) is 18.0 Å². The Kier molecular flexibility index (Phi) is 4.21. The van der Waals surface area contributed by atoms with Gasteiger partial charge in [0, 0.05) is 12.6 Å². The van der Waals surface area contributed by atoms with E-state index in [1.165, 1.54) is 6.07 Å². The Bertz CT molecular complexity index is 679. The summed E-state index contributed by atoms with van der Waals surface area (Å²) in [5, 5.41) is 14.4. The molecule has 0 bridgehead atoms. The Balaban J connectivity index is 1.85. The van der Waals surface area contributed by atoms with E-state index < -0.39 is 6.10 Å². The predicted molar refractivity (Wildman–Crippen MR) is 85.2 cm³/mol. The van der Waals surface area contributed by atoms with E-state index in [0.29, 0.717) is 19.5 Å². The van der Waals surface area contributed by atoms with Crippen molar-refractivity contribution in [2.45, 2.75) is 51.4 Å². The third-order valence-electron chi connectivity index (χ3n) is 4.21. The Hall–Kier alpha value is -1.79. The number of likely N-dealkylation sites (tertiary alicyclic amines) is 1. The number of rotatable bonds is 3. The lowest BCUT2D eigenvalue weighted by molar-refractivity contribution is 0.168. The molecule has 2 aromatic rings. The van der Waals surface area contributed by atoms with E-state index in [1.807, 2.05) is 10.7 Å². The van der Waals surface area contributed by atoms with E-state index in [9.17, 15) is 9.50 Å². The van der Waals surface area contributed by atoms with Crippen LogP contribution in [0.2, 0.25) is 0 Å². The zero-order chi connectivity index (χ0) is 16.6. The maximum atomic E-state index is 13.5. The van der Waals surface area contributed by atoms with Crippen LogP contribution in [0.25, 0.3) is 0 Å². The second kappa shape index (κ2) is 6.02. The minimum absolute atomic E-state index is 0.00850. The van der Waals surface area contributed by atoms with E-state index in [1.54, 1.807) is 18.5 Å². The molecule has 2 atom stereocenters. The molecule has 1 aromatic carbocycles. The van der Waals surface area contributed by atoms with Gasteiger partial charge in [0.15, 0.2) is 0 Å². The Morgan fingerprint density at radius 2 is 2.13 bits per heavy atom. The molecule has 5 nitrogen and oxygen atoms in total.